The molecule has 6 nitrogen and oxygen atoms in total. The van der Waals surface area contributed by atoms with Gasteiger partial charge in [0, 0.05) is 38.9 Å². The molecule has 1 atom stereocenters. The molecule has 1 aromatic heterocycles. The molecule has 6 heteroatoms. The van der Waals surface area contributed by atoms with Gasteiger partial charge in [-0.1, -0.05) is 32.1 Å². The zero-order chi connectivity index (χ0) is 17.5. The van der Waals surface area contributed by atoms with Gasteiger partial charge in [-0.2, -0.15) is 5.10 Å². The molecule has 1 aliphatic carbocycles. The number of aromatic nitrogens is 2. The van der Waals surface area contributed by atoms with Gasteiger partial charge in [-0.25, -0.2) is 0 Å². The number of hydrogen-bond acceptors (Lipinski definition) is 3. The molecule has 1 saturated carbocycles. The van der Waals surface area contributed by atoms with Crippen molar-refractivity contribution in [1.29, 1.82) is 0 Å². The summed E-state index contributed by atoms with van der Waals surface area (Å²) in [6.07, 6.45) is 13.8. The molecule has 2 fully saturated rings. The Kier molecular flexibility index (Phi) is 6.73. The molecule has 0 amide bonds. The minimum absolute atomic E-state index is 0.0724. The predicted octanol–water partition coefficient (Wildman–Crippen LogP) is 2.73. The molecule has 25 heavy (non-hydrogen) atoms. The Bertz CT molecular complexity index is 550. The molecule has 3 rings (SSSR count). The van der Waals surface area contributed by atoms with Crippen molar-refractivity contribution in [2.75, 3.05) is 33.3 Å². The van der Waals surface area contributed by atoms with Crippen LogP contribution >= 0.6 is 0 Å². The van der Waals surface area contributed by atoms with Crippen LogP contribution in [0.15, 0.2) is 17.4 Å². The highest BCUT2D eigenvalue weighted by Gasteiger charge is 2.25. The van der Waals surface area contributed by atoms with Crippen LogP contribution in [0.3, 0.4) is 0 Å². The lowest BCUT2D eigenvalue weighted by Gasteiger charge is -2.34. The van der Waals surface area contributed by atoms with Crippen LogP contribution in [0.1, 0.15) is 56.6 Å². The van der Waals surface area contributed by atoms with Crippen LogP contribution in [-0.4, -0.2) is 53.9 Å². The zero-order valence-electron chi connectivity index (χ0n) is 15.8. The maximum atomic E-state index is 5.93. The lowest BCUT2D eigenvalue weighted by Crippen LogP contribution is -2.48. The van der Waals surface area contributed by atoms with Crippen molar-refractivity contribution in [1.82, 2.24) is 20.0 Å². The fourth-order valence-corrected chi connectivity index (χ4v) is 4.05. The summed E-state index contributed by atoms with van der Waals surface area (Å²) in [5, 5.41) is 7.81. The molecule has 1 N–H and O–H groups in total. The molecule has 1 aliphatic heterocycles. The quantitative estimate of drug-likeness (QED) is 0.505. The summed E-state index contributed by atoms with van der Waals surface area (Å²) in [7, 11) is 3.81. The molecule has 0 aromatic carbocycles. The lowest BCUT2D eigenvalue weighted by molar-refractivity contribution is -0.00802. The van der Waals surface area contributed by atoms with E-state index in [1.54, 1.807) is 0 Å². The number of nitrogens with one attached hydrogen (secondary N) is 1. The SMILES string of the molecule is CN=C(NCCCC1CCCCC1)N1CCOC(c2cnn(C)c2)C1. The van der Waals surface area contributed by atoms with Gasteiger partial charge in [0.2, 0.25) is 0 Å². The van der Waals surface area contributed by atoms with Gasteiger partial charge in [0.1, 0.15) is 6.10 Å². The Balaban J connectivity index is 1.43. The van der Waals surface area contributed by atoms with Gasteiger partial charge in [-0.05, 0) is 18.8 Å². The van der Waals surface area contributed by atoms with Crippen molar-refractivity contribution in [2.24, 2.45) is 18.0 Å². The van der Waals surface area contributed by atoms with Crippen LogP contribution < -0.4 is 5.32 Å². The number of morpholine rings is 1. The summed E-state index contributed by atoms with van der Waals surface area (Å²) < 4.78 is 7.76. The average molecular weight is 348 g/mol. The largest absolute Gasteiger partial charge is 0.370 e. The third-order valence-corrected chi connectivity index (χ3v) is 5.47. The van der Waals surface area contributed by atoms with Gasteiger partial charge in [-0.3, -0.25) is 9.67 Å². The summed E-state index contributed by atoms with van der Waals surface area (Å²) in [6.45, 7) is 3.45. The number of guanidine groups is 1. The first kappa shape index (κ1) is 18.2. The summed E-state index contributed by atoms with van der Waals surface area (Å²) in [4.78, 5) is 6.79. The Labute approximate surface area is 151 Å². The average Bonchev–Trinajstić information content (AvgIpc) is 3.09. The summed E-state index contributed by atoms with van der Waals surface area (Å²) in [6, 6.07) is 0. The molecule has 140 valence electrons. The maximum Gasteiger partial charge on any atom is 0.193 e. The van der Waals surface area contributed by atoms with E-state index in [2.05, 4.69) is 20.3 Å². The van der Waals surface area contributed by atoms with E-state index < -0.39 is 0 Å². The van der Waals surface area contributed by atoms with Gasteiger partial charge < -0.3 is 15.0 Å². The summed E-state index contributed by atoms with van der Waals surface area (Å²) >= 11 is 0. The molecule has 0 spiro atoms. The third kappa shape index (κ3) is 5.21. The Morgan fingerprint density at radius 2 is 2.20 bits per heavy atom. The maximum absolute atomic E-state index is 5.93. The predicted molar refractivity (Wildman–Crippen MR) is 101 cm³/mol. The van der Waals surface area contributed by atoms with E-state index in [1.165, 1.54) is 44.9 Å². The van der Waals surface area contributed by atoms with Crippen molar-refractivity contribution in [2.45, 2.75) is 51.0 Å². The molecule has 1 saturated heterocycles. The molecule has 2 heterocycles. The van der Waals surface area contributed by atoms with Crippen molar-refractivity contribution in [3.05, 3.63) is 18.0 Å². The third-order valence-electron chi connectivity index (χ3n) is 5.47. The van der Waals surface area contributed by atoms with Crippen LogP contribution in [0.25, 0.3) is 0 Å². The van der Waals surface area contributed by atoms with E-state index in [0.29, 0.717) is 0 Å². The first-order chi connectivity index (χ1) is 12.3. The number of hydrogen-bond donors (Lipinski definition) is 1. The van der Waals surface area contributed by atoms with Crippen molar-refractivity contribution in [3.63, 3.8) is 0 Å². The molecular formula is C19H33N5O. The summed E-state index contributed by atoms with van der Waals surface area (Å²) in [5.41, 5.74) is 1.14. The molecule has 1 unspecified atom stereocenters. The molecule has 1 aromatic rings. The standard InChI is InChI=1S/C19H33N5O/c1-20-19(21-10-6-9-16-7-4-3-5-8-16)24-11-12-25-18(15-24)17-13-22-23(2)14-17/h13-14,16,18H,3-12,15H2,1-2H3,(H,20,21). The monoisotopic (exact) mass is 347 g/mol. The number of rotatable bonds is 5. The van der Waals surface area contributed by atoms with Gasteiger partial charge in [-0.15, -0.1) is 0 Å². The lowest BCUT2D eigenvalue weighted by atomic mass is 9.86. The number of nitrogens with zero attached hydrogens (tertiary/aromatic N) is 4. The van der Waals surface area contributed by atoms with Gasteiger partial charge in [0.25, 0.3) is 0 Å². The first-order valence-electron chi connectivity index (χ1n) is 9.82. The van der Waals surface area contributed by atoms with Crippen LogP contribution in [0.2, 0.25) is 0 Å². The minimum Gasteiger partial charge on any atom is -0.370 e. The normalized spacial score (nSPS) is 23.0. The first-order valence-corrected chi connectivity index (χ1v) is 9.82. The number of aliphatic imine (C=N–C) groups is 1. The van der Waals surface area contributed by atoms with Crippen LogP contribution in [-0.2, 0) is 11.8 Å². The fraction of sp³-hybridized carbons (Fsp3) is 0.789. The van der Waals surface area contributed by atoms with Gasteiger partial charge >= 0.3 is 0 Å². The Morgan fingerprint density at radius 1 is 1.36 bits per heavy atom. The molecule has 0 bridgehead atoms. The van der Waals surface area contributed by atoms with Crippen LogP contribution in [0, 0.1) is 5.92 Å². The highest BCUT2D eigenvalue weighted by Crippen LogP contribution is 2.27. The Hall–Kier alpha value is -1.56. The molecule has 2 aliphatic rings. The second-order valence-electron chi connectivity index (χ2n) is 7.37. The second-order valence-corrected chi connectivity index (χ2v) is 7.37. The minimum atomic E-state index is 0.0724. The molecular weight excluding hydrogens is 314 g/mol. The van der Waals surface area contributed by atoms with E-state index in [0.717, 1.165) is 43.7 Å². The zero-order valence-corrected chi connectivity index (χ0v) is 15.8. The Morgan fingerprint density at radius 3 is 2.92 bits per heavy atom. The van der Waals surface area contributed by atoms with Crippen molar-refractivity contribution in [3.8, 4) is 0 Å². The van der Waals surface area contributed by atoms with E-state index >= 15 is 0 Å². The van der Waals surface area contributed by atoms with E-state index in [4.69, 9.17) is 4.74 Å². The fourth-order valence-electron chi connectivity index (χ4n) is 4.05. The highest BCUT2D eigenvalue weighted by atomic mass is 16.5. The summed E-state index contributed by atoms with van der Waals surface area (Å²) in [5.74, 6) is 1.96. The van der Waals surface area contributed by atoms with E-state index in [-0.39, 0.29) is 6.10 Å². The van der Waals surface area contributed by atoms with Crippen molar-refractivity contribution >= 4 is 5.96 Å². The van der Waals surface area contributed by atoms with Crippen LogP contribution in [0.4, 0.5) is 0 Å². The van der Waals surface area contributed by atoms with Gasteiger partial charge in [0.05, 0.1) is 19.3 Å². The smallest absolute Gasteiger partial charge is 0.193 e. The van der Waals surface area contributed by atoms with Crippen LogP contribution in [0.5, 0.6) is 0 Å². The highest BCUT2D eigenvalue weighted by molar-refractivity contribution is 5.80. The second kappa shape index (κ2) is 9.22. The van der Waals surface area contributed by atoms with Crippen molar-refractivity contribution < 1.29 is 4.74 Å². The number of ether oxygens (including phenoxy) is 1. The van der Waals surface area contributed by atoms with E-state index in [9.17, 15) is 0 Å². The van der Waals surface area contributed by atoms with E-state index in [1.807, 2.05) is 31.2 Å². The molecule has 0 radical (unpaired) electrons. The number of aryl methyl sites for hydroxylation is 1. The topological polar surface area (TPSA) is 54.7 Å². The van der Waals surface area contributed by atoms with Gasteiger partial charge in [0.15, 0.2) is 5.96 Å².